The molecule has 0 aliphatic carbocycles. The Bertz CT molecular complexity index is 1110. The number of carboxylic acid groups (broad SMARTS) is 1. The quantitative estimate of drug-likeness (QED) is 0.456. The maximum absolute atomic E-state index is 11.2. The molecule has 6 nitrogen and oxygen atoms in total. The van der Waals surface area contributed by atoms with Crippen LogP contribution in [-0.2, 0) is 0 Å². The van der Waals surface area contributed by atoms with Gasteiger partial charge in [0.1, 0.15) is 0 Å². The van der Waals surface area contributed by atoms with Gasteiger partial charge in [-0.1, -0.05) is 46.9 Å². The summed E-state index contributed by atoms with van der Waals surface area (Å²) in [5, 5.41) is 19.2. The average Bonchev–Trinajstić information content (AvgIpc) is 3.05. The lowest BCUT2D eigenvalue weighted by atomic mass is 10.0. The molecule has 4 rings (SSSR count). The minimum atomic E-state index is -0.874. The average molecular weight is 480 g/mol. The van der Waals surface area contributed by atoms with E-state index in [1.54, 1.807) is 12.1 Å². The largest absolute Gasteiger partial charge is 0.465 e. The second-order valence-corrected chi connectivity index (χ2v) is 8.80. The van der Waals surface area contributed by atoms with Crippen LogP contribution in [0.15, 0.2) is 42.5 Å². The minimum Gasteiger partial charge on any atom is -0.465 e. The Kier molecular flexibility index (Phi) is 6.32. The smallest absolute Gasteiger partial charge is 0.407 e. The summed E-state index contributed by atoms with van der Waals surface area (Å²) in [6.07, 6.45) is 0.564. The molecule has 1 aliphatic heterocycles. The minimum absolute atomic E-state index is 0.136. The number of anilines is 1. The van der Waals surface area contributed by atoms with Crippen LogP contribution < -0.4 is 5.32 Å². The van der Waals surface area contributed by atoms with Crippen molar-refractivity contribution in [1.29, 1.82) is 0 Å². The van der Waals surface area contributed by atoms with Crippen molar-refractivity contribution in [3.63, 3.8) is 0 Å². The topological polar surface area (TPSA) is 70.4 Å². The Morgan fingerprint density at radius 3 is 2.32 bits per heavy atom. The molecule has 1 saturated heterocycles. The highest BCUT2D eigenvalue weighted by Gasteiger charge is 2.25. The van der Waals surface area contributed by atoms with E-state index in [0.717, 1.165) is 35.5 Å². The first-order valence-corrected chi connectivity index (χ1v) is 11.0. The number of benzene rings is 2. The van der Waals surface area contributed by atoms with E-state index in [0.29, 0.717) is 33.8 Å². The van der Waals surface area contributed by atoms with Crippen LogP contribution in [0.1, 0.15) is 18.4 Å². The summed E-state index contributed by atoms with van der Waals surface area (Å²) in [4.78, 5) is 12.6. The van der Waals surface area contributed by atoms with Gasteiger partial charge in [0.2, 0.25) is 0 Å². The Balaban J connectivity index is 1.72. The van der Waals surface area contributed by atoms with E-state index in [1.165, 1.54) is 4.90 Å². The number of carbonyl (C=O) groups is 1. The van der Waals surface area contributed by atoms with Crippen LogP contribution in [0.3, 0.4) is 0 Å². The molecular weight excluding hydrogens is 459 g/mol. The summed E-state index contributed by atoms with van der Waals surface area (Å²) in [6, 6.07) is 13.0. The fourth-order valence-electron chi connectivity index (χ4n) is 3.82. The fourth-order valence-corrected chi connectivity index (χ4v) is 4.43. The molecule has 2 aromatic carbocycles. The number of amides is 1. The Morgan fingerprint density at radius 1 is 1.06 bits per heavy atom. The molecule has 1 aromatic heterocycles. The molecule has 2 N–H and O–H groups in total. The maximum atomic E-state index is 11.2. The number of halogens is 3. The van der Waals surface area contributed by atoms with Crippen molar-refractivity contribution in [2.24, 2.45) is 0 Å². The van der Waals surface area contributed by atoms with Crippen LogP contribution in [-0.4, -0.2) is 45.0 Å². The van der Waals surface area contributed by atoms with E-state index in [-0.39, 0.29) is 6.04 Å². The number of hydrogen-bond acceptors (Lipinski definition) is 3. The zero-order chi connectivity index (χ0) is 22.1. The summed E-state index contributed by atoms with van der Waals surface area (Å²) in [5.74, 6) is 0.741. The third-order valence-electron chi connectivity index (χ3n) is 5.48. The third-order valence-corrected chi connectivity index (χ3v) is 6.27. The van der Waals surface area contributed by atoms with Crippen LogP contribution in [0, 0.1) is 6.92 Å². The molecule has 0 radical (unpaired) electrons. The normalized spacial score (nSPS) is 14.6. The summed E-state index contributed by atoms with van der Waals surface area (Å²) < 4.78 is 1.81. The van der Waals surface area contributed by atoms with Crippen molar-refractivity contribution >= 4 is 46.7 Å². The Labute approximate surface area is 195 Å². The van der Waals surface area contributed by atoms with Gasteiger partial charge in [-0.15, -0.1) is 5.10 Å². The van der Waals surface area contributed by atoms with E-state index in [4.69, 9.17) is 39.9 Å². The fraction of sp³-hybridized carbons (Fsp3) is 0.273. The lowest BCUT2D eigenvalue weighted by Crippen LogP contribution is -2.41. The molecule has 0 atom stereocenters. The van der Waals surface area contributed by atoms with Gasteiger partial charge >= 0.3 is 6.09 Å². The van der Waals surface area contributed by atoms with Gasteiger partial charge in [-0.25, -0.2) is 9.48 Å². The highest BCUT2D eigenvalue weighted by atomic mass is 35.5. The molecule has 3 aromatic rings. The summed E-state index contributed by atoms with van der Waals surface area (Å²) in [5.41, 5.74) is 3.53. The molecule has 1 fully saturated rings. The van der Waals surface area contributed by atoms with E-state index in [9.17, 15) is 9.90 Å². The van der Waals surface area contributed by atoms with Gasteiger partial charge in [-0.2, -0.15) is 0 Å². The number of likely N-dealkylation sites (tertiary alicyclic amines) is 1. The van der Waals surface area contributed by atoms with Gasteiger partial charge in [0, 0.05) is 40.3 Å². The van der Waals surface area contributed by atoms with Gasteiger partial charge in [-0.05, 0) is 50.1 Å². The van der Waals surface area contributed by atoms with Crippen molar-refractivity contribution < 1.29 is 9.90 Å². The van der Waals surface area contributed by atoms with E-state index < -0.39 is 6.09 Å². The van der Waals surface area contributed by atoms with Crippen LogP contribution in [0.5, 0.6) is 0 Å². The highest BCUT2D eigenvalue weighted by molar-refractivity contribution is 6.35. The van der Waals surface area contributed by atoms with Crippen molar-refractivity contribution in [2.45, 2.75) is 25.8 Å². The number of nitrogens with zero attached hydrogens (tertiary/aromatic N) is 3. The molecule has 0 bridgehead atoms. The van der Waals surface area contributed by atoms with Gasteiger partial charge < -0.3 is 15.3 Å². The summed E-state index contributed by atoms with van der Waals surface area (Å²) in [7, 11) is 0. The highest BCUT2D eigenvalue weighted by Crippen LogP contribution is 2.35. The molecule has 1 aliphatic rings. The summed E-state index contributed by atoms with van der Waals surface area (Å²) >= 11 is 18.7. The number of piperidine rings is 1. The van der Waals surface area contributed by atoms with Crippen LogP contribution in [0.2, 0.25) is 15.1 Å². The van der Waals surface area contributed by atoms with E-state index >= 15 is 0 Å². The van der Waals surface area contributed by atoms with Crippen LogP contribution in [0.25, 0.3) is 16.9 Å². The zero-order valence-corrected chi connectivity index (χ0v) is 19.0. The van der Waals surface area contributed by atoms with Gasteiger partial charge in [0.15, 0.2) is 5.82 Å². The van der Waals surface area contributed by atoms with E-state index in [1.807, 2.05) is 41.9 Å². The first-order valence-electron chi connectivity index (χ1n) is 9.89. The SMILES string of the molecule is Cc1c(NC2CCN(C(=O)O)CC2)nn(-c2ccc(Cl)cc2Cl)c1-c1ccc(Cl)cc1. The standard InChI is InChI=1S/C22H21Cl3N4O2/c1-13-20(14-2-4-15(23)5-3-14)29(19-7-6-16(24)12-18(19)25)27-21(13)26-17-8-10-28(11-9-17)22(30)31/h2-7,12,17H,8-11H2,1H3,(H,26,27)(H,30,31). The predicted molar refractivity (Wildman–Crippen MR) is 125 cm³/mol. The maximum Gasteiger partial charge on any atom is 0.407 e. The second-order valence-electron chi connectivity index (χ2n) is 7.52. The molecule has 0 spiro atoms. The lowest BCUT2D eigenvalue weighted by molar-refractivity contribution is 0.133. The molecule has 2 heterocycles. The van der Waals surface area contributed by atoms with Crippen LogP contribution in [0.4, 0.5) is 10.6 Å². The van der Waals surface area contributed by atoms with E-state index in [2.05, 4.69) is 5.32 Å². The predicted octanol–water partition coefficient (Wildman–Crippen LogP) is 6.36. The Hall–Kier alpha value is -2.41. The third kappa shape index (κ3) is 4.61. The second kappa shape index (κ2) is 8.99. The number of aromatic nitrogens is 2. The molecule has 1 amide bonds. The first-order chi connectivity index (χ1) is 14.8. The molecule has 31 heavy (non-hydrogen) atoms. The monoisotopic (exact) mass is 478 g/mol. The van der Waals surface area contributed by atoms with Crippen molar-refractivity contribution in [2.75, 3.05) is 18.4 Å². The van der Waals surface area contributed by atoms with Gasteiger partial charge in [0.05, 0.1) is 16.4 Å². The number of rotatable bonds is 4. The summed E-state index contributed by atoms with van der Waals surface area (Å²) in [6.45, 7) is 3.01. The first kappa shape index (κ1) is 21.8. The Morgan fingerprint density at radius 2 is 1.71 bits per heavy atom. The van der Waals surface area contributed by atoms with Gasteiger partial charge in [-0.3, -0.25) is 0 Å². The molecule has 162 valence electrons. The lowest BCUT2D eigenvalue weighted by Gasteiger charge is -2.30. The zero-order valence-electron chi connectivity index (χ0n) is 16.8. The van der Waals surface area contributed by atoms with Crippen LogP contribution >= 0.6 is 34.8 Å². The van der Waals surface area contributed by atoms with Crippen molar-refractivity contribution in [3.8, 4) is 16.9 Å². The molecule has 9 heteroatoms. The molecule has 0 unspecified atom stereocenters. The van der Waals surface area contributed by atoms with Crippen molar-refractivity contribution in [1.82, 2.24) is 14.7 Å². The molecular formula is C22H21Cl3N4O2. The number of hydrogen-bond donors (Lipinski definition) is 2. The number of nitrogens with one attached hydrogen (secondary N) is 1. The molecule has 0 saturated carbocycles. The van der Waals surface area contributed by atoms with Gasteiger partial charge in [0.25, 0.3) is 0 Å². The van der Waals surface area contributed by atoms with Crippen molar-refractivity contribution in [3.05, 3.63) is 63.1 Å².